The average Bonchev–Trinajstić information content (AvgIpc) is 3.04. The fraction of sp³-hybridized carbons (Fsp3) is 0.389. The third-order valence-electron chi connectivity index (χ3n) is 4.34. The molecule has 1 fully saturated rings. The van der Waals surface area contributed by atoms with Gasteiger partial charge in [0.25, 0.3) is 0 Å². The highest BCUT2D eigenvalue weighted by molar-refractivity contribution is 5.21. The SMILES string of the molecule is O=c1cc(CN2CCCC2)n(CCc2ccc(F)cc2)cc1O. The van der Waals surface area contributed by atoms with E-state index in [1.165, 1.54) is 37.2 Å². The van der Waals surface area contributed by atoms with Gasteiger partial charge in [0.2, 0.25) is 5.43 Å². The predicted molar refractivity (Wildman–Crippen MR) is 87.0 cm³/mol. The molecule has 1 aliphatic rings. The van der Waals surface area contributed by atoms with Crippen molar-refractivity contribution in [3.63, 3.8) is 0 Å². The molecule has 23 heavy (non-hydrogen) atoms. The summed E-state index contributed by atoms with van der Waals surface area (Å²) in [4.78, 5) is 14.1. The summed E-state index contributed by atoms with van der Waals surface area (Å²) in [6.45, 7) is 3.46. The summed E-state index contributed by atoms with van der Waals surface area (Å²) in [7, 11) is 0. The maximum Gasteiger partial charge on any atom is 0.223 e. The Kier molecular flexibility index (Phi) is 4.76. The van der Waals surface area contributed by atoms with Gasteiger partial charge in [-0.2, -0.15) is 0 Å². The molecule has 3 rings (SSSR count). The minimum Gasteiger partial charge on any atom is -0.503 e. The largest absolute Gasteiger partial charge is 0.503 e. The minimum absolute atomic E-state index is 0.228. The number of nitrogens with zero attached hydrogens (tertiary/aromatic N) is 2. The van der Waals surface area contributed by atoms with Crippen LogP contribution in [0.5, 0.6) is 5.75 Å². The molecule has 0 unspecified atom stereocenters. The van der Waals surface area contributed by atoms with E-state index in [0.29, 0.717) is 6.54 Å². The van der Waals surface area contributed by atoms with Crippen molar-refractivity contribution in [2.75, 3.05) is 13.1 Å². The molecule has 0 bridgehead atoms. The van der Waals surface area contributed by atoms with E-state index in [2.05, 4.69) is 4.90 Å². The van der Waals surface area contributed by atoms with Gasteiger partial charge in [-0.25, -0.2) is 4.39 Å². The Morgan fingerprint density at radius 3 is 2.52 bits per heavy atom. The van der Waals surface area contributed by atoms with Crippen LogP contribution in [0.4, 0.5) is 4.39 Å². The molecular formula is C18H21FN2O2. The summed E-state index contributed by atoms with van der Waals surface area (Å²) in [6.07, 6.45) is 4.61. The standard InChI is InChI=1S/C18H21FN2O2/c19-15-5-3-14(4-6-15)7-10-21-13-18(23)17(22)11-16(21)12-20-8-1-2-9-20/h3-6,11,13,23H,1-2,7-10,12H2. The van der Waals surface area contributed by atoms with Crippen molar-refractivity contribution in [1.82, 2.24) is 9.47 Å². The van der Waals surface area contributed by atoms with E-state index < -0.39 is 0 Å². The van der Waals surface area contributed by atoms with Gasteiger partial charge >= 0.3 is 0 Å². The maximum absolute atomic E-state index is 13.0. The molecule has 122 valence electrons. The number of halogens is 1. The minimum atomic E-state index is -0.336. The Morgan fingerprint density at radius 2 is 1.83 bits per heavy atom. The Balaban J connectivity index is 1.77. The fourth-order valence-electron chi connectivity index (χ4n) is 3.02. The summed E-state index contributed by atoms with van der Waals surface area (Å²) in [5.74, 6) is -0.473. The van der Waals surface area contributed by atoms with Crippen molar-refractivity contribution >= 4 is 0 Å². The number of aromatic hydroxyl groups is 1. The highest BCUT2D eigenvalue weighted by Crippen LogP contribution is 2.14. The lowest BCUT2D eigenvalue weighted by Crippen LogP contribution is -2.23. The first-order chi connectivity index (χ1) is 11.1. The van der Waals surface area contributed by atoms with Gasteiger partial charge in [0.15, 0.2) is 5.75 Å². The molecule has 0 radical (unpaired) electrons. The molecule has 0 aliphatic carbocycles. The molecule has 0 saturated carbocycles. The van der Waals surface area contributed by atoms with E-state index in [-0.39, 0.29) is 17.0 Å². The van der Waals surface area contributed by atoms with Gasteiger partial charge in [-0.3, -0.25) is 9.69 Å². The third kappa shape index (κ3) is 3.99. The Morgan fingerprint density at radius 1 is 1.13 bits per heavy atom. The molecule has 0 amide bonds. The van der Waals surface area contributed by atoms with Crippen LogP contribution < -0.4 is 5.43 Å². The zero-order valence-corrected chi connectivity index (χ0v) is 13.0. The van der Waals surface area contributed by atoms with E-state index in [4.69, 9.17) is 0 Å². The number of rotatable bonds is 5. The molecule has 4 nitrogen and oxygen atoms in total. The predicted octanol–water partition coefficient (Wildman–Crippen LogP) is 2.53. The van der Waals surface area contributed by atoms with Gasteiger partial charge in [-0.15, -0.1) is 0 Å². The van der Waals surface area contributed by atoms with Crippen LogP contribution in [0.3, 0.4) is 0 Å². The summed E-state index contributed by atoms with van der Waals surface area (Å²) in [5.41, 5.74) is 1.60. The zero-order chi connectivity index (χ0) is 16.2. The van der Waals surface area contributed by atoms with Crippen LogP contribution in [0, 0.1) is 5.82 Å². The molecule has 1 N–H and O–H groups in total. The average molecular weight is 316 g/mol. The second kappa shape index (κ2) is 6.96. The van der Waals surface area contributed by atoms with Gasteiger partial charge in [0, 0.05) is 24.8 Å². The monoisotopic (exact) mass is 316 g/mol. The lowest BCUT2D eigenvalue weighted by molar-refractivity contribution is 0.318. The van der Waals surface area contributed by atoms with Crippen LogP contribution in [-0.4, -0.2) is 27.7 Å². The van der Waals surface area contributed by atoms with Crippen LogP contribution in [0.2, 0.25) is 0 Å². The van der Waals surface area contributed by atoms with E-state index in [9.17, 15) is 14.3 Å². The molecule has 5 heteroatoms. The van der Waals surface area contributed by atoms with Gasteiger partial charge < -0.3 is 9.67 Å². The van der Waals surface area contributed by atoms with Gasteiger partial charge in [-0.1, -0.05) is 12.1 Å². The van der Waals surface area contributed by atoms with Crippen LogP contribution in [-0.2, 0) is 19.5 Å². The van der Waals surface area contributed by atoms with E-state index in [1.807, 2.05) is 4.57 Å². The van der Waals surface area contributed by atoms with Crippen LogP contribution in [0.25, 0.3) is 0 Å². The highest BCUT2D eigenvalue weighted by Gasteiger charge is 2.14. The molecule has 0 atom stereocenters. The van der Waals surface area contributed by atoms with Crippen molar-refractivity contribution in [2.45, 2.75) is 32.4 Å². The summed E-state index contributed by atoms with van der Waals surface area (Å²) >= 11 is 0. The molecule has 1 aromatic heterocycles. The van der Waals surface area contributed by atoms with Gasteiger partial charge in [-0.05, 0) is 50.0 Å². The summed E-state index contributed by atoms with van der Waals surface area (Å²) in [6, 6.07) is 7.95. The smallest absolute Gasteiger partial charge is 0.223 e. The van der Waals surface area contributed by atoms with Gasteiger partial charge in [0.1, 0.15) is 5.82 Å². The fourth-order valence-corrected chi connectivity index (χ4v) is 3.02. The molecule has 2 heterocycles. The molecule has 1 aromatic carbocycles. The van der Waals surface area contributed by atoms with E-state index in [0.717, 1.165) is 37.3 Å². The Hall–Kier alpha value is -2.14. The molecule has 1 aliphatic heterocycles. The van der Waals surface area contributed by atoms with Crippen molar-refractivity contribution in [1.29, 1.82) is 0 Å². The van der Waals surface area contributed by atoms with Crippen LogP contribution in [0.1, 0.15) is 24.1 Å². The van der Waals surface area contributed by atoms with Crippen LogP contribution in [0.15, 0.2) is 41.3 Å². The van der Waals surface area contributed by atoms with E-state index >= 15 is 0 Å². The van der Waals surface area contributed by atoms with Crippen molar-refractivity contribution in [2.24, 2.45) is 0 Å². The quantitative estimate of drug-likeness (QED) is 0.922. The first-order valence-electron chi connectivity index (χ1n) is 8.01. The Bertz CT molecular complexity index is 719. The van der Waals surface area contributed by atoms with Crippen molar-refractivity contribution in [3.8, 4) is 5.75 Å². The lowest BCUT2D eigenvalue weighted by atomic mass is 10.1. The molecule has 0 spiro atoms. The topological polar surface area (TPSA) is 45.5 Å². The number of hydrogen-bond acceptors (Lipinski definition) is 3. The van der Waals surface area contributed by atoms with Gasteiger partial charge in [0.05, 0.1) is 6.20 Å². The number of benzene rings is 1. The zero-order valence-electron chi connectivity index (χ0n) is 13.0. The third-order valence-corrected chi connectivity index (χ3v) is 4.34. The number of hydrogen-bond donors (Lipinski definition) is 1. The van der Waals surface area contributed by atoms with Crippen LogP contribution >= 0.6 is 0 Å². The second-order valence-electron chi connectivity index (χ2n) is 6.07. The van der Waals surface area contributed by atoms with Crippen molar-refractivity contribution < 1.29 is 9.50 Å². The number of aromatic nitrogens is 1. The molecule has 2 aromatic rings. The Labute approximate surface area is 134 Å². The summed E-state index contributed by atoms with van der Waals surface area (Å²) in [5, 5.41) is 9.72. The molecule has 1 saturated heterocycles. The maximum atomic E-state index is 13.0. The first kappa shape index (κ1) is 15.7. The number of pyridine rings is 1. The summed E-state index contributed by atoms with van der Waals surface area (Å²) < 4.78 is 14.9. The second-order valence-corrected chi connectivity index (χ2v) is 6.07. The molecular weight excluding hydrogens is 295 g/mol. The normalized spacial score (nSPS) is 15.2. The number of likely N-dealkylation sites (tertiary alicyclic amines) is 1. The highest BCUT2D eigenvalue weighted by atomic mass is 19.1. The lowest BCUT2D eigenvalue weighted by Gasteiger charge is -2.19. The number of aryl methyl sites for hydroxylation is 2. The first-order valence-corrected chi connectivity index (χ1v) is 8.01. The van der Waals surface area contributed by atoms with E-state index in [1.54, 1.807) is 12.1 Å². The van der Waals surface area contributed by atoms with Crippen molar-refractivity contribution in [3.05, 3.63) is 63.8 Å².